The molecule has 9 heteroatoms. The molecule has 0 bridgehead atoms. The van der Waals surface area contributed by atoms with Gasteiger partial charge in [-0.25, -0.2) is 13.6 Å². The van der Waals surface area contributed by atoms with Gasteiger partial charge in [0.2, 0.25) is 5.91 Å². The molecule has 3 rings (SSSR count). The second kappa shape index (κ2) is 9.16. The molecule has 0 unspecified atom stereocenters. The summed E-state index contributed by atoms with van der Waals surface area (Å²) in [5, 5.41) is 2.64. The van der Waals surface area contributed by atoms with Crippen LogP contribution in [0.3, 0.4) is 0 Å². The lowest BCUT2D eigenvalue weighted by atomic mass is 9.96. The van der Waals surface area contributed by atoms with Crippen molar-refractivity contribution in [1.29, 1.82) is 0 Å². The van der Waals surface area contributed by atoms with Crippen molar-refractivity contribution in [3.8, 4) is 11.5 Å². The number of carbonyl (C=O) groups excluding carboxylic acids is 2. The molecule has 0 saturated carbocycles. The number of benzene rings is 2. The van der Waals surface area contributed by atoms with E-state index in [0.717, 1.165) is 12.1 Å². The molecular weight excluding hydrogens is 442 g/mol. The average Bonchev–Trinajstić information content (AvgIpc) is 2.68. The van der Waals surface area contributed by atoms with Gasteiger partial charge in [0.05, 0.1) is 10.7 Å². The molecule has 32 heavy (non-hydrogen) atoms. The van der Waals surface area contributed by atoms with E-state index in [9.17, 15) is 18.4 Å². The number of ether oxygens (including phenoxy) is 2. The maximum atomic E-state index is 14.8. The molecule has 0 saturated heterocycles. The summed E-state index contributed by atoms with van der Waals surface area (Å²) in [6.07, 6.45) is 0.790. The Labute approximate surface area is 189 Å². The number of nitrogens with one attached hydrogen (secondary N) is 1. The Morgan fingerprint density at radius 1 is 1.31 bits per heavy atom. The Kier molecular flexibility index (Phi) is 6.74. The van der Waals surface area contributed by atoms with E-state index in [1.54, 1.807) is 20.8 Å². The summed E-state index contributed by atoms with van der Waals surface area (Å²) in [5.74, 6) is -2.25. The number of halogens is 3. The molecule has 1 heterocycles. The average molecular weight is 465 g/mol. The fraction of sp³-hybridized carbons (Fsp3) is 0.304. The van der Waals surface area contributed by atoms with Crippen LogP contribution in [0.5, 0.6) is 11.5 Å². The lowest BCUT2D eigenvalue weighted by molar-refractivity contribution is -0.120. The summed E-state index contributed by atoms with van der Waals surface area (Å²) < 4.78 is 39.4. The number of anilines is 1. The Morgan fingerprint density at radius 3 is 2.69 bits per heavy atom. The van der Waals surface area contributed by atoms with Crippen LogP contribution in [0.1, 0.15) is 26.3 Å². The van der Waals surface area contributed by atoms with Crippen molar-refractivity contribution in [3.05, 3.63) is 65.2 Å². The van der Waals surface area contributed by atoms with Crippen LogP contribution in [-0.2, 0) is 16.0 Å². The molecule has 0 spiro atoms. The van der Waals surface area contributed by atoms with Crippen LogP contribution >= 0.6 is 11.6 Å². The number of carbonyl (C=O) groups is 2. The van der Waals surface area contributed by atoms with Crippen LogP contribution in [-0.4, -0.2) is 30.2 Å². The number of amides is 2. The van der Waals surface area contributed by atoms with Crippen LogP contribution in [0.4, 0.5) is 19.3 Å². The fourth-order valence-corrected chi connectivity index (χ4v) is 3.45. The first kappa shape index (κ1) is 23.5. The van der Waals surface area contributed by atoms with Gasteiger partial charge in [-0.3, -0.25) is 4.79 Å². The molecule has 170 valence electrons. The maximum absolute atomic E-state index is 14.8. The minimum atomic E-state index is -0.937. The highest BCUT2D eigenvalue weighted by molar-refractivity contribution is 6.32. The molecule has 2 amide bonds. The van der Waals surface area contributed by atoms with E-state index in [0.29, 0.717) is 5.56 Å². The van der Waals surface area contributed by atoms with Crippen LogP contribution in [0, 0.1) is 11.6 Å². The summed E-state index contributed by atoms with van der Waals surface area (Å²) in [6, 6.07) is 5.19. The fourth-order valence-electron chi connectivity index (χ4n) is 3.29. The number of fused-ring (bicyclic) bond motifs is 1. The number of alkyl carbamates (subject to hydrolysis) is 1. The Hall–Kier alpha value is -3.13. The second-order valence-electron chi connectivity index (χ2n) is 8.20. The van der Waals surface area contributed by atoms with Crippen molar-refractivity contribution in [2.45, 2.75) is 38.8 Å². The Balaban J connectivity index is 2.00. The molecule has 0 fully saturated rings. The van der Waals surface area contributed by atoms with Gasteiger partial charge in [-0.05, 0) is 44.5 Å². The molecule has 0 radical (unpaired) electrons. The van der Waals surface area contributed by atoms with E-state index in [1.807, 2.05) is 0 Å². The normalized spacial score (nSPS) is 15.8. The largest absolute Gasteiger partial charge is 0.450 e. The molecule has 2 aromatic carbocycles. The minimum Gasteiger partial charge on any atom is -0.450 e. The van der Waals surface area contributed by atoms with Gasteiger partial charge in [-0.1, -0.05) is 23.7 Å². The zero-order chi connectivity index (χ0) is 23.6. The van der Waals surface area contributed by atoms with E-state index >= 15 is 0 Å². The van der Waals surface area contributed by atoms with E-state index in [1.165, 1.54) is 29.2 Å². The summed E-state index contributed by atoms with van der Waals surface area (Å²) in [5.41, 5.74) is -0.0385. The minimum absolute atomic E-state index is 0.0228. The molecule has 0 aromatic heterocycles. The van der Waals surface area contributed by atoms with Crippen molar-refractivity contribution < 1.29 is 27.8 Å². The predicted octanol–water partition coefficient (Wildman–Crippen LogP) is 5.38. The molecular formula is C23H23ClF2N2O4. The third-order valence-corrected chi connectivity index (χ3v) is 4.85. The predicted molar refractivity (Wildman–Crippen MR) is 117 cm³/mol. The van der Waals surface area contributed by atoms with E-state index in [4.69, 9.17) is 21.1 Å². The van der Waals surface area contributed by atoms with Gasteiger partial charge in [0.25, 0.3) is 0 Å². The van der Waals surface area contributed by atoms with Crippen LogP contribution in [0.25, 0.3) is 0 Å². The lowest BCUT2D eigenvalue weighted by Crippen LogP contribution is -2.53. The first-order valence-corrected chi connectivity index (χ1v) is 10.2. The highest BCUT2D eigenvalue weighted by Gasteiger charge is 2.37. The smallest absolute Gasteiger partial charge is 0.408 e. The standard InChI is InChI=1S/C23H23ClF2N2O4/c1-5-10-28-19-13(11-17(21(28)29)27-22(30)32-23(2,3)4)6-9-16(26)20(19)31-18-12-14(25)7-8-15(18)24/h5-9,12,17H,1,10-11H2,2-4H3,(H,27,30)/t17-/m1/s1. The highest BCUT2D eigenvalue weighted by atomic mass is 35.5. The third-order valence-electron chi connectivity index (χ3n) is 4.53. The number of hydrogen-bond acceptors (Lipinski definition) is 4. The summed E-state index contributed by atoms with van der Waals surface area (Å²) in [7, 11) is 0. The van der Waals surface area contributed by atoms with Crippen LogP contribution in [0.15, 0.2) is 43.0 Å². The molecule has 2 aromatic rings. The Bertz CT molecular complexity index is 1070. The summed E-state index contributed by atoms with van der Waals surface area (Å²) in [6.45, 7) is 8.79. The first-order valence-electron chi connectivity index (χ1n) is 9.86. The quantitative estimate of drug-likeness (QED) is 0.603. The summed E-state index contributed by atoms with van der Waals surface area (Å²) >= 11 is 6.07. The Morgan fingerprint density at radius 2 is 2.03 bits per heavy atom. The van der Waals surface area contributed by atoms with Crippen molar-refractivity contribution in [1.82, 2.24) is 5.32 Å². The van der Waals surface area contributed by atoms with Crippen LogP contribution in [0.2, 0.25) is 5.02 Å². The maximum Gasteiger partial charge on any atom is 0.408 e. The highest BCUT2D eigenvalue weighted by Crippen LogP contribution is 2.42. The van der Waals surface area contributed by atoms with Gasteiger partial charge in [0.1, 0.15) is 23.2 Å². The van der Waals surface area contributed by atoms with Crippen molar-refractivity contribution in [2.24, 2.45) is 0 Å². The van der Waals surface area contributed by atoms with E-state index < -0.39 is 35.3 Å². The van der Waals surface area contributed by atoms with Gasteiger partial charge >= 0.3 is 6.09 Å². The molecule has 6 nitrogen and oxygen atoms in total. The molecule has 1 atom stereocenters. The van der Waals surface area contributed by atoms with Gasteiger partial charge in [0.15, 0.2) is 11.6 Å². The van der Waals surface area contributed by atoms with Gasteiger partial charge in [-0.15, -0.1) is 6.58 Å². The molecule has 1 aliphatic heterocycles. The molecule has 1 N–H and O–H groups in total. The molecule has 1 aliphatic rings. The van der Waals surface area contributed by atoms with E-state index in [-0.39, 0.29) is 35.2 Å². The van der Waals surface area contributed by atoms with Crippen molar-refractivity contribution in [2.75, 3.05) is 11.4 Å². The van der Waals surface area contributed by atoms with E-state index in [2.05, 4.69) is 11.9 Å². The first-order chi connectivity index (χ1) is 15.0. The van der Waals surface area contributed by atoms with Gasteiger partial charge < -0.3 is 19.7 Å². The number of nitrogens with zero attached hydrogens (tertiary/aromatic N) is 1. The van der Waals surface area contributed by atoms with Gasteiger partial charge in [-0.2, -0.15) is 0 Å². The SMILES string of the molecule is C=CCN1C(=O)[C@H](NC(=O)OC(C)(C)C)Cc2ccc(F)c(Oc3cc(F)ccc3Cl)c21. The third kappa shape index (κ3) is 5.19. The van der Waals surface area contributed by atoms with Gasteiger partial charge in [0, 0.05) is 19.0 Å². The van der Waals surface area contributed by atoms with Crippen molar-refractivity contribution >= 4 is 29.3 Å². The topological polar surface area (TPSA) is 67.9 Å². The zero-order valence-corrected chi connectivity index (χ0v) is 18.6. The van der Waals surface area contributed by atoms with Crippen LogP contribution < -0.4 is 15.0 Å². The summed E-state index contributed by atoms with van der Waals surface area (Å²) in [4.78, 5) is 26.6. The zero-order valence-electron chi connectivity index (χ0n) is 17.9. The monoisotopic (exact) mass is 464 g/mol. The number of hydrogen-bond donors (Lipinski definition) is 1. The lowest BCUT2D eigenvalue weighted by Gasteiger charge is -2.35. The second-order valence-corrected chi connectivity index (χ2v) is 8.61. The number of rotatable bonds is 5. The van der Waals surface area contributed by atoms with Crippen molar-refractivity contribution in [3.63, 3.8) is 0 Å². The molecule has 0 aliphatic carbocycles.